The third-order valence-corrected chi connectivity index (χ3v) is 13.9. The van der Waals surface area contributed by atoms with Gasteiger partial charge in [-0.2, -0.15) is 0 Å². The van der Waals surface area contributed by atoms with E-state index >= 15 is 0 Å². The van der Waals surface area contributed by atoms with Gasteiger partial charge in [0.05, 0.1) is 31.1 Å². The fraction of sp³-hybridized carbons (Fsp3) is 0.712. The first-order valence-corrected chi connectivity index (χ1v) is 28.3. The van der Waals surface area contributed by atoms with Crippen molar-refractivity contribution in [2.24, 2.45) is 50.5 Å². The van der Waals surface area contributed by atoms with Crippen LogP contribution in [0.15, 0.2) is 22.5 Å². The highest BCUT2D eigenvalue weighted by Gasteiger charge is 2.37. The molecule has 1 unspecified atom stereocenters. The summed E-state index contributed by atoms with van der Waals surface area (Å²) in [6, 6.07) is -11.0. The second-order valence-electron chi connectivity index (χ2n) is 21.0. The molecule has 9 amide bonds. The number of amides is 9. The van der Waals surface area contributed by atoms with Crippen LogP contribution in [0.1, 0.15) is 131 Å². The summed E-state index contributed by atoms with van der Waals surface area (Å²) in [6.07, 6.45) is 5.95. The van der Waals surface area contributed by atoms with Gasteiger partial charge < -0.3 is 96.4 Å². The second kappa shape index (κ2) is 37.4. The van der Waals surface area contributed by atoms with Gasteiger partial charge in [0.15, 0.2) is 11.9 Å². The summed E-state index contributed by atoms with van der Waals surface area (Å²) in [4.78, 5) is 151. The maximum atomic E-state index is 14.3. The third-order valence-electron chi connectivity index (χ3n) is 13.9. The summed E-state index contributed by atoms with van der Waals surface area (Å²) >= 11 is 0. The van der Waals surface area contributed by atoms with Gasteiger partial charge in [-0.05, 0) is 71.1 Å². The topological polar surface area (TPSA) is 514 Å². The number of aliphatic carboxylic acids is 1. The van der Waals surface area contributed by atoms with Crippen LogP contribution in [0.3, 0.4) is 0 Å². The molecule has 1 aliphatic rings. The lowest BCUT2D eigenvalue weighted by Gasteiger charge is -2.31. The van der Waals surface area contributed by atoms with Crippen LogP contribution in [0, 0.1) is 11.8 Å². The first-order valence-electron chi connectivity index (χ1n) is 28.3. The number of carboxylic acids is 1. The molecule has 0 bridgehead atoms. The third kappa shape index (κ3) is 26.9. The van der Waals surface area contributed by atoms with Crippen molar-refractivity contribution < 1.29 is 63.3 Å². The Morgan fingerprint density at radius 2 is 1.23 bits per heavy atom. The number of hydrogen-bond donors (Lipinski definition) is 17. The molecule has 1 aliphatic carbocycles. The molecule has 1 saturated carbocycles. The Balaban J connectivity index is 2.31. The summed E-state index contributed by atoms with van der Waals surface area (Å²) < 4.78 is 0. The number of nitrogens with two attached hydrogens (primary N) is 5. The molecular formula is C52H92N18O13. The summed E-state index contributed by atoms with van der Waals surface area (Å²) in [5.41, 5.74) is 28.0. The molecule has 0 aliphatic heterocycles. The smallest absolute Gasteiger partial charge is 0.323 e. The Kier molecular flexibility index (Phi) is 32.2. The number of unbranched alkanes of at least 4 members (excludes halogenated alkanes) is 1. The van der Waals surface area contributed by atoms with Gasteiger partial charge in [0, 0.05) is 37.9 Å². The molecule has 11 atom stereocenters. The zero-order valence-corrected chi connectivity index (χ0v) is 48.6. The number of aliphatic imine (C=N–C) groups is 2. The minimum Gasteiger partial charge on any atom is -0.480 e. The lowest BCUT2D eigenvalue weighted by atomic mass is 9.84. The number of carbonyl (C=O) groups excluding carboxylic acids is 9. The van der Waals surface area contributed by atoms with E-state index in [2.05, 4.69) is 62.5 Å². The van der Waals surface area contributed by atoms with Crippen molar-refractivity contribution in [2.75, 3.05) is 32.7 Å². The Morgan fingerprint density at radius 3 is 1.78 bits per heavy atom. The summed E-state index contributed by atoms with van der Waals surface area (Å²) in [5, 5.41) is 51.3. The molecule has 0 radical (unpaired) electrons. The molecule has 2 rings (SSSR count). The molecule has 1 heterocycles. The molecule has 83 heavy (non-hydrogen) atoms. The largest absolute Gasteiger partial charge is 0.480 e. The molecule has 31 nitrogen and oxygen atoms in total. The number of aliphatic hydroxyl groups excluding tert-OH is 2. The van der Waals surface area contributed by atoms with E-state index in [0.717, 1.165) is 50.9 Å². The standard InChI is InChI=1S/C52H92N18O13/c1-7-9-21-70(26-39(74)75)50(83)40(28(3)8-2)67-45(78)35(18-14-20-60-52(56)57)64-38(73)25-61-48(81)41(30(5)71)69-49(82)42(31(6)72)68-47(80)37(23-33-24-58-27-62-33)66-46(79)36(22-32-15-11-10-12-16-32)65-43(76)29(4)63-44(77)34(53)17-13-19-59-51(54)55/h24,27-32,34-37,40-42,71-72H,7-23,25-26,53H2,1-6H3,(H,58,62)(H,61,81)(H,63,77)(H,64,73)(H,65,76)(H,66,79)(H,67,78)(H,68,80)(H,69,82)(H,74,75)(H4,54,55,59)(H4,56,57,60)/t28?,29-,30+,31+,34-,35+,36-,37-,40-,41-,42-/m0/s1. The van der Waals surface area contributed by atoms with Crippen LogP contribution in [0.2, 0.25) is 0 Å². The van der Waals surface area contributed by atoms with Crippen LogP contribution >= 0.6 is 0 Å². The van der Waals surface area contributed by atoms with Crippen molar-refractivity contribution in [3.63, 3.8) is 0 Å². The maximum Gasteiger partial charge on any atom is 0.323 e. The molecular weight excluding hydrogens is 1080 g/mol. The SMILES string of the molecule is CCCCN(CC(=O)O)C(=O)[C@@H](NC(=O)[C@@H](CCCN=C(N)N)NC(=O)CNC(=O)[C@@H](NC(=O)[C@@H](NC(=O)[C@H](Cc1cnc[nH]1)NC(=O)[C@H](CC1CCCCC1)NC(=O)[C@H](C)NC(=O)[C@@H](N)CCCN=C(N)N)[C@@H](C)O)[C@@H](C)O)C(C)CC. The number of hydrogen-bond acceptors (Lipinski definition) is 16. The first kappa shape index (κ1) is 71.4. The predicted molar refractivity (Wildman–Crippen MR) is 305 cm³/mol. The molecule has 0 spiro atoms. The number of guanidine groups is 2. The zero-order chi connectivity index (χ0) is 62.3. The molecule has 1 fully saturated rings. The van der Waals surface area contributed by atoms with Gasteiger partial charge in [-0.3, -0.25) is 57.9 Å². The van der Waals surface area contributed by atoms with E-state index in [1.165, 1.54) is 19.4 Å². The highest BCUT2D eigenvalue weighted by molar-refractivity contribution is 5.98. The summed E-state index contributed by atoms with van der Waals surface area (Å²) in [5.74, 6) is -9.78. The van der Waals surface area contributed by atoms with Crippen LogP contribution in [0.25, 0.3) is 0 Å². The molecule has 0 aromatic carbocycles. The number of rotatable bonds is 38. The minimum absolute atomic E-state index is 0.0168. The van der Waals surface area contributed by atoms with Gasteiger partial charge in [-0.25, -0.2) is 4.98 Å². The average molecular weight is 1180 g/mol. The van der Waals surface area contributed by atoms with Crippen molar-refractivity contribution >= 4 is 71.1 Å². The average Bonchev–Trinajstić information content (AvgIpc) is 3.97. The number of imidazole rings is 1. The Labute approximate surface area is 483 Å². The summed E-state index contributed by atoms with van der Waals surface area (Å²) in [6.45, 7) is 8.06. The number of aliphatic hydroxyl groups is 2. The van der Waals surface area contributed by atoms with Crippen molar-refractivity contribution in [2.45, 2.75) is 192 Å². The van der Waals surface area contributed by atoms with Crippen molar-refractivity contribution in [3.8, 4) is 0 Å². The number of carbonyl (C=O) groups is 10. The number of nitrogens with one attached hydrogen (secondary N) is 9. The Hall–Kier alpha value is -7.67. The normalized spacial score (nSPS) is 16.3. The lowest BCUT2D eigenvalue weighted by Crippen LogP contribution is -2.62. The monoisotopic (exact) mass is 1180 g/mol. The van der Waals surface area contributed by atoms with E-state index in [9.17, 15) is 63.3 Å². The molecule has 1 aromatic heterocycles. The number of aromatic amines is 1. The molecule has 1 aromatic rings. The first-order chi connectivity index (χ1) is 39.2. The van der Waals surface area contributed by atoms with E-state index in [1.807, 2.05) is 6.92 Å². The van der Waals surface area contributed by atoms with Crippen LogP contribution in [-0.4, -0.2) is 195 Å². The second-order valence-corrected chi connectivity index (χ2v) is 21.0. The fourth-order valence-electron chi connectivity index (χ4n) is 8.93. The van der Waals surface area contributed by atoms with Crippen LogP contribution in [-0.2, 0) is 54.4 Å². The van der Waals surface area contributed by atoms with Gasteiger partial charge >= 0.3 is 5.97 Å². The van der Waals surface area contributed by atoms with Crippen LogP contribution < -0.4 is 71.2 Å². The van der Waals surface area contributed by atoms with Gasteiger partial charge in [0.25, 0.3) is 0 Å². The number of nitrogens with zero attached hydrogens (tertiary/aromatic N) is 4. The highest BCUT2D eigenvalue weighted by atomic mass is 16.4. The minimum atomic E-state index is -1.83. The quantitative estimate of drug-likeness (QED) is 0.0168. The molecule has 468 valence electrons. The van der Waals surface area contributed by atoms with Gasteiger partial charge in [-0.15, -0.1) is 0 Å². The van der Waals surface area contributed by atoms with E-state index < -0.39 is 139 Å². The molecule has 22 N–H and O–H groups in total. The maximum absolute atomic E-state index is 14.3. The van der Waals surface area contributed by atoms with Crippen molar-refractivity contribution in [1.82, 2.24) is 57.4 Å². The van der Waals surface area contributed by atoms with Gasteiger partial charge in [0.1, 0.15) is 48.8 Å². The zero-order valence-electron chi connectivity index (χ0n) is 48.6. The van der Waals surface area contributed by atoms with Crippen molar-refractivity contribution in [1.29, 1.82) is 0 Å². The summed E-state index contributed by atoms with van der Waals surface area (Å²) in [7, 11) is 0. The van der Waals surface area contributed by atoms with Gasteiger partial charge in [0.2, 0.25) is 53.2 Å². The number of H-pyrrole nitrogens is 1. The molecule has 31 heteroatoms. The van der Waals surface area contributed by atoms with Crippen LogP contribution in [0.5, 0.6) is 0 Å². The van der Waals surface area contributed by atoms with E-state index in [0.29, 0.717) is 31.4 Å². The Morgan fingerprint density at radius 1 is 0.675 bits per heavy atom. The van der Waals surface area contributed by atoms with E-state index in [4.69, 9.17) is 28.7 Å². The van der Waals surface area contributed by atoms with Crippen molar-refractivity contribution in [3.05, 3.63) is 18.2 Å². The van der Waals surface area contributed by atoms with E-state index in [1.54, 1.807) is 13.8 Å². The highest BCUT2D eigenvalue weighted by Crippen LogP contribution is 2.27. The van der Waals surface area contributed by atoms with E-state index in [-0.39, 0.29) is 69.6 Å². The predicted octanol–water partition coefficient (Wildman–Crippen LogP) is -4.59. The molecule has 0 saturated heterocycles. The fourth-order valence-corrected chi connectivity index (χ4v) is 8.93. The number of aromatic nitrogens is 2. The number of carboxylic acid groups (broad SMARTS) is 1. The van der Waals surface area contributed by atoms with Gasteiger partial charge in [-0.1, -0.05) is 65.7 Å². The lowest BCUT2D eigenvalue weighted by molar-refractivity contribution is -0.146. The van der Waals surface area contributed by atoms with Crippen LogP contribution in [0.4, 0.5) is 0 Å². The Bertz CT molecular complexity index is 2320.